The van der Waals surface area contributed by atoms with Crippen molar-refractivity contribution in [1.82, 2.24) is 4.98 Å². The molecule has 0 spiro atoms. The quantitative estimate of drug-likeness (QED) is 0.310. The first-order chi connectivity index (χ1) is 16.7. The number of hydrogen-bond acceptors (Lipinski definition) is 2. The molecular weight excluding hydrogens is 366 g/mol. The smallest absolute Gasteiger partial charge is 0.136 e. The highest BCUT2D eigenvalue weighted by Gasteiger charge is 2.17. The molecule has 0 atom stereocenters. The molecule has 5 aromatic rings. The van der Waals surface area contributed by atoms with Gasteiger partial charge < -0.3 is 4.42 Å². The molecule has 2 nitrogen and oxygen atoms in total. The monoisotopic (exact) mass is 396 g/mol. The number of rotatable bonds is 3. The van der Waals surface area contributed by atoms with E-state index in [1.807, 2.05) is 36.4 Å². The van der Waals surface area contributed by atoms with E-state index in [9.17, 15) is 0 Å². The summed E-state index contributed by atoms with van der Waals surface area (Å²) in [5.41, 5.74) is 3.16. The van der Waals surface area contributed by atoms with E-state index in [-0.39, 0.29) is 17.0 Å². The molecule has 0 radical (unpaired) electrons. The van der Waals surface area contributed by atoms with Gasteiger partial charge in [0.1, 0.15) is 11.2 Å². The molecule has 0 unspecified atom stereocenters. The highest BCUT2D eigenvalue weighted by molar-refractivity contribution is 6.10. The third-order valence-corrected chi connectivity index (χ3v) is 6.25. The van der Waals surface area contributed by atoms with Crippen LogP contribution in [0.5, 0.6) is 0 Å². The average molecular weight is 397 g/mol. The standard InChI is InChI=1S/C28H25NO/c1-18-17-29-26(15-23(18)12-19-6-2-3-7-19)22-10-11-27-24(14-22)25-13-20-8-4-5-9-21(20)16-28(25)30-27/h4-5,8-11,13-17,19H,2-3,6-7,12H2,1H3/i1D3,12D2. The van der Waals surface area contributed by atoms with Crippen molar-refractivity contribution in [3.05, 3.63) is 78.0 Å². The maximum Gasteiger partial charge on any atom is 0.136 e. The molecule has 2 heteroatoms. The van der Waals surface area contributed by atoms with Crippen LogP contribution in [0.3, 0.4) is 0 Å². The topological polar surface area (TPSA) is 26.0 Å². The summed E-state index contributed by atoms with van der Waals surface area (Å²) in [4.78, 5) is 4.48. The molecule has 3 aromatic carbocycles. The van der Waals surface area contributed by atoms with Gasteiger partial charge in [-0.1, -0.05) is 49.9 Å². The Morgan fingerprint density at radius 2 is 1.77 bits per heavy atom. The maximum atomic E-state index is 8.91. The Morgan fingerprint density at radius 3 is 2.60 bits per heavy atom. The normalized spacial score (nSPS) is 18.3. The summed E-state index contributed by atoms with van der Waals surface area (Å²) in [5, 5.41) is 4.19. The molecule has 0 amide bonds. The highest BCUT2D eigenvalue weighted by atomic mass is 16.3. The fourth-order valence-electron chi connectivity index (χ4n) is 4.64. The van der Waals surface area contributed by atoms with E-state index in [2.05, 4.69) is 23.2 Å². The number of furan rings is 1. The van der Waals surface area contributed by atoms with Crippen molar-refractivity contribution in [1.29, 1.82) is 0 Å². The van der Waals surface area contributed by atoms with Crippen LogP contribution in [-0.4, -0.2) is 4.98 Å². The number of hydrogen-bond donors (Lipinski definition) is 0. The van der Waals surface area contributed by atoms with Crippen LogP contribution in [0, 0.1) is 12.8 Å². The molecule has 1 fully saturated rings. The van der Waals surface area contributed by atoms with Crippen LogP contribution in [0.2, 0.25) is 0 Å². The summed E-state index contributed by atoms with van der Waals surface area (Å²) in [6.45, 7) is -2.43. The summed E-state index contributed by atoms with van der Waals surface area (Å²) >= 11 is 0. The molecule has 148 valence electrons. The van der Waals surface area contributed by atoms with E-state index >= 15 is 0 Å². The first kappa shape index (κ1) is 13.2. The van der Waals surface area contributed by atoms with Gasteiger partial charge in [-0.3, -0.25) is 4.98 Å². The number of pyridine rings is 1. The third-order valence-electron chi connectivity index (χ3n) is 6.25. The molecule has 1 aliphatic rings. The van der Waals surface area contributed by atoms with Gasteiger partial charge in [0.25, 0.3) is 0 Å². The number of fused-ring (bicyclic) bond motifs is 4. The van der Waals surface area contributed by atoms with Crippen molar-refractivity contribution in [2.45, 2.75) is 38.9 Å². The molecule has 0 saturated heterocycles. The van der Waals surface area contributed by atoms with Gasteiger partial charge >= 0.3 is 0 Å². The Hall–Kier alpha value is -3.13. The second kappa shape index (κ2) is 6.98. The van der Waals surface area contributed by atoms with Crippen LogP contribution in [0.15, 0.2) is 71.3 Å². The maximum absolute atomic E-state index is 8.91. The molecular formula is C28H25NO. The fourth-order valence-corrected chi connectivity index (χ4v) is 4.64. The Balaban J connectivity index is 1.52. The Bertz CT molecular complexity index is 1580. The van der Waals surface area contributed by atoms with Crippen molar-refractivity contribution in [3.63, 3.8) is 0 Å². The zero-order valence-electron chi connectivity index (χ0n) is 21.6. The number of aryl methyl sites for hydroxylation is 1. The lowest BCUT2D eigenvalue weighted by Gasteiger charge is -2.13. The van der Waals surface area contributed by atoms with Crippen molar-refractivity contribution in [3.8, 4) is 11.3 Å². The molecule has 1 saturated carbocycles. The Morgan fingerprint density at radius 1 is 0.967 bits per heavy atom. The molecule has 30 heavy (non-hydrogen) atoms. The van der Waals surface area contributed by atoms with E-state index in [1.54, 1.807) is 6.07 Å². The van der Waals surface area contributed by atoms with E-state index in [1.165, 1.54) is 6.20 Å². The summed E-state index contributed by atoms with van der Waals surface area (Å²) in [6.07, 6.45) is 3.10. The second-order valence-electron chi connectivity index (χ2n) is 8.25. The number of aromatic nitrogens is 1. The Labute approximate surface area is 183 Å². The zero-order valence-corrected chi connectivity index (χ0v) is 16.6. The van der Waals surface area contributed by atoms with Crippen molar-refractivity contribution < 1.29 is 11.3 Å². The molecule has 0 N–H and O–H groups in total. The predicted molar refractivity (Wildman–Crippen MR) is 125 cm³/mol. The predicted octanol–water partition coefficient (Wildman–Crippen LogP) is 7.84. The summed E-state index contributed by atoms with van der Waals surface area (Å²) in [5.74, 6) is -0.188. The van der Waals surface area contributed by atoms with Crippen LogP contribution in [0.4, 0.5) is 0 Å². The summed E-state index contributed by atoms with van der Waals surface area (Å²) < 4.78 is 47.9. The summed E-state index contributed by atoms with van der Waals surface area (Å²) in [6, 6.07) is 19.8. The third kappa shape index (κ3) is 2.99. The number of nitrogens with zero attached hydrogens (tertiary/aromatic N) is 1. The summed E-state index contributed by atoms with van der Waals surface area (Å²) in [7, 11) is 0. The van der Waals surface area contributed by atoms with Gasteiger partial charge in [-0.15, -0.1) is 0 Å². The van der Waals surface area contributed by atoms with Crippen LogP contribution >= 0.6 is 0 Å². The lowest BCUT2D eigenvalue weighted by Crippen LogP contribution is -2.02. The van der Waals surface area contributed by atoms with E-state index in [4.69, 9.17) is 11.3 Å². The minimum absolute atomic E-state index is 0.000501. The average Bonchev–Trinajstić information content (AvgIpc) is 3.50. The molecule has 1 aliphatic carbocycles. The largest absolute Gasteiger partial charge is 0.456 e. The van der Waals surface area contributed by atoms with E-state index in [0.717, 1.165) is 64.0 Å². The molecule has 2 heterocycles. The molecule has 0 bridgehead atoms. The molecule has 6 rings (SSSR count). The van der Waals surface area contributed by atoms with Gasteiger partial charge in [-0.2, -0.15) is 0 Å². The zero-order chi connectivity index (χ0) is 24.4. The molecule has 0 aliphatic heterocycles. The van der Waals surface area contributed by atoms with Crippen LogP contribution in [0.25, 0.3) is 44.0 Å². The minimum Gasteiger partial charge on any atom is -0.456 e. The van der Waals surface area contributed by atoms with E-state index in [0.29, 0.717) is 5.69 Å². The lowest BCUT2D eigenvalue weighted by atomic mass is 9.94. The van der Waals surface area contributed by atoms with Gasteiger partial charge in [0.15, 0.2) is 0 Å². The van der Waals surface area contributed by atoms with Gasteiger partial charge in [0.2, 0.25) is 0 Å². The Kier molecular flexibility index (Phi) is 3.08. The van der Waals surface area contributed by atoms with Gasteiger partial charge in [-0.05, 0) is 77.4 Å². The number of benzene rings is 3. The first-order valence-electron chi connectivity index (χ1n) is 13.1. The van der Waals surface area contributed by atoms with Gasteiger partial charge in [0, 0.05) is 29.4 Å². The lowest BCUT2D eigenvalue weighted by molar-refractivity contribution is 0.545. The SMILES string of the molecule is [2H]C([2H])([2H])c1cnc(-c2ccc3oc4cc5ccccc5cc4c3c2)cc1C([2H])([2H])C1CCCC1. The van der Waals surface area contributed by atoms with Crippen LogP contribution in [0.1, 0.15) is 43.7 Å². The second-order valence-corrected chi connectivity index (χ2v) is 8.25. The highest BCUT2D eigenvalue weighted by Crippen LogP contribution is 2.35. The van der Waals surface area contributed by atoms with Crippen LogP contribution < -0.4 is 0 Å². The minimum atomic E-state index is -2.43. The van der Waals surface area contributed by atoms with Crippen molar-refractivity contribution in [2.75, 3.05) is 0 Å². The van der Waals surface area contributed by atoms with Crippen molar-refractivity contribution in [2.24, 2.45) is 5.92 Å². The molecule has 2 aromatic heterocycles. The van der Waals surface area contributed by atoms with Gasteiger partial charge in [0.05, 0.1) is 5.69 Å². The van der Waals surface area contributed by atoms with Crippen molar-refractivity contribution >= 4 is 32.7 Å². The first-order valence-corrected chi connectivity index (χ1v) is 10.6. The van der Waals surface area contributed by atoms with E-state index < -0.39 is 13.2 Å². The van der Waals surface area contributed by atoms with Gasteiger partial charge in [-0.25, -0.2) is 0 Å². The fraction of sp³-hybridized carbons (Fsp3) is 0.250. The van der Waals surface area contributed by atoms with Crippen LogP contribution in [-0.2, 0) is 6.37 Å².